The van der Waals surface area contributed by atoms with E-state index in [1.807, 2.05) is 30.9 Å². The van der Waals surface area contributed by atoms with Gasteiger partial charge in [-0.15, -0.1) is 0 Å². The standard InChI is InChI=1S/C20H31FN4O/c1-5-18(26)25-12-11-17(13-25)24-19(22-6-2)23-14-20(3,4)15-7-9-16(21)10-8-15/h7-10,17H,5-6,11-14H2,1-4H3,(H2,22,23,24). The molecule has 1 aromatic carbocycles. The first-order valence-corrected chi connectivity index (χ1v) is 9.44. The van der Waals surface area contributed by atoms with Gasteiger partial charge in [0.05, 0.1) is 6.54 Å². The van der Waals surface area contributed by atoms with Crippen LogP contribution in [0.1, 0.15) is 46.1 Å². The van der Waals surface area contributed by atoms with Gasteiger partial charge < -0.3 is 15.5 Å². The molecular weight excluding hydrogens is 331 g/mol. The number of amides is 1. The largest absolute Gasteiger partial charge is 0.357 e. The third kappa shape index (κ3) is 5.44. The molecule has 0 aliphatic carbocycles. The maximum atomic E-state index is 13.2. The van der Waals surface area contributed by atoms with E-state index in [4.69, 9.17) is 4.99 Å². The maximum absolute atomic E-state index is 13.2. The van der Waals surface area contributed by atoms with Gasteiger partial charge in [-0.1, -0.05) is 32.9 Å². The number of aliphatic imine (C=N–C) groups is 1. The van der Waals surface area contributed by atoms with Gasteiger partial charge in [-0.3, -0.25) is 9.79 Å². The smallest absolute Gasteiger partial charge is 0.222 e. The van der Waals surface area contributed by atoms with Crippen LogP contribution in [0.25, 0.3) is 0 Å². The van der Waals surface area contributed by atoms with E-state index in [0.29, 0.717) is 13.0 Å². The summed E-state index contributed by atoms with van der Waals surface area (Å²) >= 11 is 0. The van der Waals surface area contributed by atoms with Crippen molar-refractivity contribution in [1.29, 1.82) is 0 Å². The van der Waals surface area contributed by atoms with Gasteiger partial charge >= 0.3 is 0 Å². The first-order valence-electron chi connectivity index (χ1n) is 9.44. The summed E-state index contributed by atoms with van der Waals surface area (Å²) in [4.78, 5) is 18.5. The highest BCUT2D eigenvalue weighted by Crippen LogP contribution is 2.23. The number of carbonyl (C=O) groups excluding carboxylic acids is 1. The van der Waals surface area contributed by atoms with E-state index >= 15 is 0 Å². The van der Waals surface area contributed by atoms with E-state index in [2.05, 4.69) is 24.5 Å². The molecule has 1 heterocycles. The van der Waals surface area contributed by atoms with Crippen molar-refractivity contribution in [1.82, 2.24) is 15.5 Å². The van der Waals surface area contributed by atoms with Gasteiger partial charge in [0.15, 0.2) is 5.96 Å². The zero-order valence-corrected chi connectivity index (χ0v) is 16.3. The molecule has 144 valence electrons. The molecule has 0 bridgehead atoms. The molecule has 2 N–H and O–H groups in total. The number of hydrogen-bond acceptors (Lipinski definition) is 2. The Morgan fingerprint density at radius 1 is 1.31 bits per heavy atom. The second-order valence-electron chi connectivity index (χ2n) is 7.41. The van der Waals surface area contributed by atoms with Crippen LogP contribution in [0.5, 0.6) is 0 Å². The van der Waals surface area contributed by atoms with E-state index in [1.165, 1.54) is 12.1 Å². The SMILES string of the molecule is CCNC(=NCC(C)(C)c1ccc(F)cc1)NC1CCN(C(=O)CC)C1. The molecule has 1 fully saturated rings. The van der Waals surface area contributed by atoms with Crippen molar-refractivity contribution < 1.29 is 9.18 Å². The molecule has 1 saturated heterocycles. The zero-order valence-electron chi connectivity index (χ0n) is 16.3. The molecule has 0 saturated carbocycles. The fourth-order valence-corrected chi connectivity index (χ4v) is 3.11. The summed E-state index contributed by atoms with van der Waals surface area (Å²) in [6, 6.07) is 6.83. The van der Waals surface area contributed by atoms with Crippen LogP contribution in [0.15, 0.2) is 29.3 Å². The molecule has 1 aliphatic heterocycles. The molecule has 1 aromatic rings. The summed E-state index contributed by atoms with van der Waals surface area (Å²) in [5.41, 5.74) is 0.856. The van der Waals surface area contributed by atoms with E-state index in [0.717, 1.165) is 37.6 Å². The molecule has 5 nitrogen and oxygen atoms in total. The van der Waals surface area contributed by atoms with Gasteiger partial charge in [0.2, 0.25) is 5.91 Å². The van der Waals surface area contributed by atoms with Crippen LogP contribution < -0.4 is 10.6 Å². The van der Waals surface area contributed by atoms with Gasteiger partial charge in [-0.05, 0) is 31.0 Å². The molecule has 2 rings (SSSR count). The van der Waals surface area contributed by atoms with Crippen molar-refractivity contribution in [2.75, 3.05) is 26.2 Å². The van der Waals surface area contributed by atoms with Gasteiger partial charge in [-0.25, -0.2) is 4.39 Å². The first-order chi connectivity index (χ1) is 12.4. The maximum Gasteiger partial charge on any atom is 0.222 e. The average molecular weight is 362 g/mol. The van der Waals surface area contributed by atoms with Crippen molar-refractivity contribution in [3.63, 3.8) is 0 Å². The quantitative estimate of drug-likeness (QED) is 0.604. The van der Waals surface area contributed by atoms with Gasteiger partial charge in [0.25, 0.3) is 0 Å². The Morgan fingerprint density at radius 2 is 2.00 bits per heavy atom. The normalized spacial score (nSPS) is 18.1. The van der Waals surface area contributed by atoms with Crippen LogP contribution in [0.4, 0.5) is 4.39 Å². The Kier molecular flexibility index (Phi) is 7.00. The number of nitrogens with zero attached hydrogens (tertiary/aromatic N) is 2. The first kappa shape index (κ1) is 20.2. The third-order valence-electron chi connectivity index (χ3n) is 4.79. The average Bonchev–Trinajstić information content (AvgIpc) is 3.08. The Morgan fingerprint density at radius 3 is 2.62 bits per heavy atom. The summed E-state index contributed by atoms with van der Waals surface area (Å²) < 4.78 is 13.2. The number of benzene rings is 1. The molecule has 1 aliphatic rings. The number of likely N-dealkylation sites (tertiary alicyclic amines) is 1. The molecular formula is C20H31FN4O. The van der Waals surface area contributed by atoms with E-state index in [-0.39, 0.29) is 23.2 Å². The predicted molar refractivity (Wildman–Crippen MR) is 104 cm³/mol. The molecule has 1 amide bonds. The fraction of sp³-hybridized carbons (Fsp3) is 0.600. The lowest BCUT2D eigenvalue weighted by Gasteiger charge is -2.24. The van der Waals surface area contributed by atoms with Crippen molar-refractivity contribution in [2.24, 2.45) is 4.99 Å². The number of carbonyl (C=O) groups is 1. The number of nitrogens with one attached hydrogen (secondary N) is 2. The second-order valence-corrected chi connectivity index (χ2v) is 7.41. The summed E-state index contributed by atoms with van der Waals surface area (Å²) in [5, 5.41) is 6.72. The van der Waals surface area contributed by atoms with Crippen LogP contribution in [-0.2, 0) is 10.2 Å². The third-order valence-corrected chi connectivity index (χ3v) is 4.79. The van der Waals surface area contributed by atoms with Crippen molar-refractivity contribution in [2.45, 2.75) is 52.0 Å². The van der Waals surface area contributed by atoms with Crippen molar-refractivity contribution in [3.05, 3.63) is 35.6 Å². The van der Waals surface area contributed by atoms with Crippen LogP contribution in [0.2, 0.25) is 0 Å². The summed E-state index contributed by atoms with van der Waals surface area (Å²) in [6.07, 6.45) is 1.48. The highest BCUT2D eigenvalue weighted by molar-refractivity contribution is 5.80. The number of halogens is 1. The fourth-order valence-electron chi connectivity index (χ4n) is 3.11. The minimum atomic E-state index is -0.226. The lowest BCUT2D eigenvalue weighted by molar-refractivity contribution is -0.129. The minimum Gasteiger partial charge on any atom is -0.357 e. The Hall–Kier alpha value is -2.11. The number of hydrogen-bond donors (Lipinski definition) is 2. The molecule has 26 heavy (non-hydrogen) atoms. The predicted octanol–water partition coefficient (Wildman–Crippen LogP) is 2.67. The van der Waals surface area contributed by atoms with Crippen LogP contribution in [-0.4, -0.2) is 49.0 Å². The summed E-state index contributed by atoms with van der Waals surface area (Å²) in [5.74, 6) is 0.739. The Labute approximate surface area is 156 Å². The van der Waals surface area contributed by atoms with Crippen molar-refractivity contribution in [3.8, 4) is 0 Å². The monoisotopic (exact) mass is 362 g/mol. The number of rotatable bonds is 6. The van der Waals surface area contributed by atoms with Gasteiger partial charge in [0, 0.05) is 37.5 Å². The highest BCUT2D eigenvalue weighted by atomic mass is 19.1. The van der Waals surface area contributed by atoms with Crippen LogP contribution in [0, 0.1) is 5.82 Å². The van der Waals surface area contributed by atoms with Crippen LogP contribution >= 0.6 is 0 Å². The molecule has 1 atom stereocenters. The van der Waals surface area contributed by atoms with E-state index in [9.17, 15) is 9.18 Å². The molecule has 1 unspecified atom stereocenters. The van der Waals surface area contributed by atoms with Gasteiger partial charge in [0.1, 0.15) is 5.82 Å². The molecule has 0 aromatic heterocycles. The summed E-state index contributed by atoms with van der Waals surface area (Å²) in [7, 11) is 0. The highest BCUT2D eigenvalue weighted by Gasteiger charge is 2.26. The minimum absolute atomic E-state index is 0.198. The number of guanidine groups is 1. The summed E-state index contributed by atoms with van der Waals surface area (Å²) in [6.45, 7) is 11.0. The molecule has 6 heteroatoms. The molecule has 0 radical (unpaired) electrons. The van der Waals surface area contributed by atoms with Gasteiger partial charge in [-0.2, -0.15) is 0 Å². The van der Waals surface area contributed by atoms with Crippen molar-refractivity contribution >= 4 is 11.9 Å². The lowest BCUT2D eigenvalue weighted by Crippen LogP contribution is -2.45. The molecule has 0 spiro atoms. The van der Waals surface area contributed by atoms with E-state index < -0.39 is 0 Å². The van der Waals surface area contributed by atoms with Crippen LogP contribution in [0.3, 0.4) is 0 Å². The lowest BCUT2D eigenvalue weighted by atomic mass is 9.85. The Bertz CT molecular complexity index is 627. The second kappa shape index (κ2) is 9.01. The van der Waals surface area contributed by atoms with E-state index in [1.54, 1.807) is 0 Å². The zero-order chi connectivity index (χ0) is 19.2. The topological polar surface area (TPSA) is 56.7 Å². The Balaban J connectivity index is 2.00.